The average Bonchev–Trinajstić information content (AvgIpc) is 2.60. The number of hydrogen-bond donors (Lipinski definition) is 0. The van der Waals surface area contributed by atoms with E-state index in [9.17, 15) is 0 Å². The highest BCUT2D eigenvalue weighted by Crippen LogP contribution is 2.64. The number of hydrogen-bond acceptors (Lipinski definition) is 1. The summed E-state index contributed by atoms with van der Waals surface area (Å²) in [6, 6.07) is 0. The quantitative estimate of drug-likeness (QED) is 0.605. The summed E-state index contributed by atoms with van der Waals surface area (Å²) in [5, 5.41) is 0. The van der Waals surface area contributed by atoms with Crippen LogP contribution >= 0.6 is 0 Å². The van der Waals surface area contributed by atoms with E-state index in [1.807, 2.05) is 0 Å². The van der Waals surface area contributed by atoms with Crippen LogP contribution in [0, 0.1) is 22.7 Å². The molecule has 0 aromatic carbocycles. The molecule has 4 atom stereocenters. The summed E-state index contributed by atoms with van der Waals surface area (Å²) in [5.74, 6) is 1.73. The van der Waals surface area contributed by atoms with E-state index in [1.54, 1.807) is 0 Å². The van der Waals surface area contributed by atoms with Crippen LogP contribution in [0.3, 0.4) is 0 Å². The van der Waals surface area contributed by atoms with Gasteiger partial charge in [-0.2, -0.15) is 0 Å². The summed E-state index contributed by atoms with van der Waals surface area (Å²) in [5.41, 5.74) is 1.31. The molecule has 0 unspecified atom stereocenters. The molecule has 3 fully saturated rings. The standard InChI is InChI=1S/C16H28O/c1-14(2)8-5-9-15(3)12(14)6-10-16(4)13(15)7-11-17-16/h12-13H,5-11H2,1-4H3/t12-,13+,15-,16+/m1/s1. The number of rotatable bonds is 0. The number of fused-ring (bicyclic) bond motifs is 3. The average molecular weight is 236 g/mol. The van der Waals surface area contributed by atoms with Crippen molar-refractivity contribution >= 4 is 0 Å². The van der Waals surface area contributed by atoms with E-state index in [-0.39, 0.29) is 5.60 Å². The maximum Gasteiger partial charge on any atom is 0.0688 e. The summed E-state index contributed by atoms with van der Waals surface area (Å²) in [6.07, 6.45) is 8.27. The smallest absolute Gasteiger partial charge is 0.0688 e. The highest BCUT2D eigenvalue weighted by atomic mass is 16.5. The van der Waals surface area contributed by atoms with Gasteiger partial charge in [0.25, 0.3) is 0 Å². The third-order valence-electron chi connectivity index (χ3n) is 6.58. The Morgan fingerprint density at radius 3 is 2.41 bits per heavy atom. The van der Waals surface area contributed by atoms with Crippen molar-refractivity contribution in [1.82, 2.24) is 0 Å². The zero-order valence-corrected chi connectivity index (χ0v) is 12.0. The third-order valence-corrected chi connectivity index (χ3v) is 6.58. The highest BCUT2D eigenvalue weighted by Gasteiger charge is 2.60. The Kier molecular flexibility index (Phi) is 2.47. The molecule has 2 saturated carbocycles. The van der Waals surface area contributed by atoms with Gasteiger partial charge in [0.2, 0.25) is 0 Å². The van der Waals surface area contributed by atoms with Gasteiger partial charge in [0.15, 0.2) is 0 Å². The zero-order valence-electron chi connectivity index (χ0n) is 12.0. The van der Waals surface area contributed by atoms with Gasteiger partial charge in [-0.3, -0.25) is 0 Å². The highest BCUT2D eigenvalue weighted by molar-refractivity contribution is 5.09. The first-order valence-electron chi connectivity index (χ1n) is 7.52. The molecule has 0 aromatic rings. The minimum Gasteiger partial charge on any atom is -0.375 e. The molecule has 3 aliphatic rings. The lowest BCUT2D eigenvalue weighted by Crippen LogP contribution is -2.55. The van der Waals surface area contributed by atoms with Crippen molar-refractivity contribution < 1.29 is 4.74 Å². The van der Waals surface area contributed by atoms with Gasteiger partial charge < -0.3 is 4.74 Å². The van der Waals surface area contributed by atoms with Gasteiger partial charge in [0.1, 0.15) is 0 Å². The molecule has 1 aliphatic heterocycles. The summed E-state index contributed by atoms with van der Waals surface area (Å²) in [4.78, 5) is 0. The van der Waals surface area contributed by atoms with Crippen molar-refractivity contribution in [3.63, 3.8) is 0 Å². The van der Waals surface area contributed by atoms with E-state index in [1.165, 1.54) is 38.5 Å². The number of ether oxygens (including phenoxy) is 1. The summed E-state index contributed by atoms with van der Waals surface area (Å²) < 4.78 is 6.13. The maximum absolute atomic E-state index is 6.13. The summed E-state index contributed by atoms with van der Waals surface area (Å²) in [6.45, 7) is 11.0. The first-order chi connectivity index (χ1) is 7.89. The largest absolute Gasteiger partial charge is 0.375 e. The van der Waals surface area contributed by atoms with Gasteiger partial charge in [-0.05, 0) is 61.7 Å². The molecular formula is C16H28O. The van der Waals surface area contributed by atoms with E-state index in [4.69, 9.17) is 4.74 Å². The molecule has 0 amide bonds. The molecule has 0 N–H and O–H groups in total. The molecule has 1 nitrogen and oxygen atoms in total. The van der Waals surface area contributed by atoms with Crippen LogP contribution in [0.2, 0.25) is 0 Å². The first kappa shape index (κ1) is 12.0. The predicted octanol–water partition coefficient (Wildman–Crippen LogP) is 4.41. The van der Waals surface area contributed by atoms with Crippen LogP contribution in [0.25, 0.3) is 0 Å². The molecule has 0 radical (unpaired) electrons. The van der Waals surface area contributed by atoms with Gasteiger partial charge in [-0.1, -0.05) is 27.2 Å². The van der Waals surface area contributed by atoms with Crippen molar-refractivity contribution in [2.24, 2.45) is 22.7 Å². The minimum atomic E-state index is 0.207. The Balaban J connectivity index is 1.98. The fourth-order valence-electron chi connectivity index (χ4n) is 5.82. The van der Waals surface area contributed by atoms with Crippen LogP contribution in [0.4, 0.5) is 0 Å². The lowest BCUT2D eigenvalue weighted by molar-refractivity contribution is -0.147. The second kappa shape index (κ2) is 3.50. The molecule has 0 bridgehead atoms. The molecule has 0 spiro atoms. The molecule has 1 heteroatoms. The van der Waals surface area contributed by atoms with Crippen LogP contribution in [0.1, 0.15) is 66.2 Å². The second-order valence-electron chi connectivity index (χ2n) is 7.94. The Morgan fingerprint density at radius 2 is 1.65 bits per heavy atom. The van der Waals surface area contributed by atoms with Gasteiger partial charge in [0, 0.05) is 6.61 Å². The van der Waals surface area contributed by atoms with Gasteiger partial charge in [-0.15, -0.1) is 0 Å². The summed E-state index contributed by atoms with van der Waals surface area (Å²) in [7, 11) is 0. The van der Waals surface area contributed by atoms with E-state index < -0.39 is 0 Å². The SMILES string of the molecule is CC1(C)CCC[C@]2(C)[C@@H]1CC[C@]1(C)OCC[C@@H]21. The molecule has 1 saturated heterocycles. The van der Waals surface area contributed by atoms with Crippen LogP contribution in [-0.4, -0.2) is 12.2 Å². The van der Waals surface area contributed by atoms with E-state index in [2.05, 4.69) is 27.7 Å². The second-order valence-corrected chi connectivity index (χ2v) is 7.94. The molecule has 17 heavy (non-hydrogen) atoms. The zero-order chi connectivity index (χ0) is 12.3. The predicted molar refractivity (Wildman–Crippen MR) is 70.9 cm³/mol. The maximum atomic E-state index is 6.13. The molecular weight excluding hydrogens is 208 g/mol. The van der Waals surface area contributed by atoms with Crippen LogP contribution in [0.5, 0.6) is 0 Å². The lowest BCUT2D eigenvalue weighted by atomic mass is 9.46. The van der Waals surface area contributed by atoms with Crippen molar-refractivity contribution in [3.8, 4) is 0 Å². The van der Waals surface area contributed by atoms with Crippen molar-refractivity contribution in [2.45, 2.75) is 71.8 Å². The van der Waals surface area contributed by atoms with Crippen LogP contribution in [0.15, 0.2) is 0 Å². The van der Waals surface area contributed by atoms with Gasteiger partial charge in [0.05, 0.1) is 5.60 Å². The van der Waals surface area contributed by atoms with Crippen molar-refractivity contribution in [2.75, 3.05) is 6.61 Å². The third kappa shape index (κ3) is 1.54. The molecule has 3 rings (SSSR count). The Labute approximate surface area is 106 Å². The fraction of sp³-hybridized carbons (Fsp3) is 1.00. The Hall–Kier alpha value is -0.0400. The van der Waals surface area contributed by atoms with Crippen molar-refractivity contribution in [1.29, 1.82) is 0 Å². The van der Waals surface area contributed by atoms with Crippen LogP contribution < -0.4 is 0 Å². The Bertz CT molecular complexity index is 317. The molecule has 2 aliphatic carbocycles. The Morgan fingerprint density at radius 1 is 0.882 bits per heavy atom. The normalized spacial score (nSPS) is 52.9. The van der Waals surface area contributed by atoms with E-state index >= 15 is 0 Å². The molecule has 1 heterocycles. The van der Waals surface area contributed by atoms with Gasteiger partial charge >= 0.3 is 0 Å². The van der Waals surface area contributed by atoms with Crippen LogP contribution in [-0.2, 0) is 4.74 Å². The van der Waals surface area contributed by atoms with Crippen molar-refractivity contribution in [3.05, 3.63) is 0 Å². The topological polar surface area (TPSA) is 9.23 Å². The fourth-order valence-corrected chi connectivity index (χ4v) is 5.82. The lowest BCUT2D eigenvalue weighted by Gasteiger charge is -2.60. The van der Waals surface area contributed by atoms with E-state index in [0.29, 0.717) is 10.8 Å². The molecule has 0 aromatic heterocycles. The summed E-state index contributed by atoms with van der Waals surface area (Å²) >= 11 is 0. The monoisotopic (exact) mass is 236 g/mol. The molecule has 98 valence electrons. The first-order valence-corrected chi connectivity index (χ1v) is 7.52. The minimum absolute atomic E-state index is 0.207. The van der Waals surface area contributed by atoms with Gasteiger partial charge in [-0.25, -0.2) is 0 Å². The van der Waals surface area contributed by atoms with E-state index in [0.717, 1.165) is 18.4 Å².